The average molecular weight is 296 g/mol. The Morgan fingerprint density at radius 1 is 1.05 bits per heavy atom. The maximum atomic E-state index is 6.03. The van der Waals surface area contributed by atoms with E-state index in [1.165, 1.54) is 24.8 Å². The predicted molar refractivity (Wildman–Crippen MR) is 89.1 cm³/mol. The van der Waals surface area contributed by atoms with Crippen LogP contribution in [0.3, 0.4) is 0 Å². The SMILES string of the molecule is Cc1ccc(OC[C@@H](c2ccccc2)N2CCCCC2)cn1. The van der Waals surface area contributed by atoms with Crippen molar-refractivity contribution in [2.45, 2.75) is 32.2 Å². The second kappa shape index (κ2) is 7.41. The molecule has 2 aromatic rings. The van der Waals surface area contributed by atoms with E-state index in [1.54, 1.807) is 0 Å². The number of ether oxygens (including phenoxy) is 1. The predicted octanol–water partition coefficient (Wildman–Crippen LogP) is 4.00. The van der Waals surface area contributed by atoms with Crippen LogP contribution in [0.5, 0.6) is 5.75 Å². The summed E-state index contributed by atoms with van der Waals surface area (Å²) in [5.74, 6) is 0.851. The first-order chi connectivity index (χ1) is 10.8. The summed E-state index contributed by atoms with van der Waals surface area (Å²) in [6, 6.07) is 15.0. The first-order valence-electron chi connectivity index (χ1n) is 8.17. The lowest BCUT2D eigenvalue weighted by molar-refractivity contribution is 0.114. The summed E-state index contributed by atoms with van der Waals surface area (Å²) in [5, 5.41) is 0. The molecule has 116 valence electrons. The number of piperidine rings is 1. The highest BCUT2D eigenvalue weighted by Gasteiger charge is 2.22. The Kier molecular flexibility index (Phi) is 5.07. The number of pyridine rings is 1. The highest BCUT2D eigenvalue weighted by molar-refractivity contribution is 5.22. The first kappa shape index (κ1) is 15.0. The molecule has 3 nitrogen and oxygen atoms in total. The zero-order chi connectivity index (χ0) is 15.2. The largest absolute Gasteiger partial charge is 0.490 e. The van der Waals surface area contributed by atoms with E-state index in [-0.39, 0.29) is 0 Å². The lowest BCUT2D eigenvalue weighted by Gasteiger charge is -2.34. The molecule has 0 bridgehead atoms. The van der Waals surface area contributed by atoms with Gasteiger partial charge >= 0.3 is 0 Å². The van der Waals surface area contributed by atoms with E-state index in [9.17, 15) is 0 Å². The quantitative estimate of drug-likeness (QED) is 0.834. The fourth-order valence-corrected chi connectivity index (χ4v) is 3.03. The number of aromatic nitrogens is 1. The number of likely N-dealkylation sites (tertiary alicyclic amines) is 1. The third-order valence-corrected chi connectivity index (χ3v) is 4.31. The summed E-state index contributed by atoms with van der Waals surface area (Å²) in [6.07, 6.45) is 5.74. The van der Waals surface area contributed by atoms with Crippen LogP contribution in [-0.2, 0) is 0 Å². The van der Waals surface area contributed by atoms with Gasteiger partial charge in [0.05, 0.1) is 12.2 Å². The number of aryl methyl sites for hydroxylation is 1. The molecule has 0 aliphatic carbocycles. The van der Waals surface area contributed by atoms with Crippen LogP contribution in [0.1, 0.15) is 36.6 Å². The van der Waals surface area contributed by atoms with E-state index in [4.69, 9.17) is 4.74 Å². The van der Waals surface area contributed by atoms with Gasteiger partial charge in [0, 0.05) is 5.69 Å². The molecule has 1 atom stereocenters. The fourth-order valence-electron chi connectivity index (χ4n) is 3.03. The maximum absolute atomic E-state index is 6.03. The molecule has 0 spiro atoms. The Labute approximate surface area is 132 Å². The molecule has 1 aliphatic rings. The summed E-state index contributed by atoms with van der Waals surface area (Å²) in [4.78, 5) is 6.86. The molecular formula is C19H24N2O. The minimum Gasteiger partial charge on any atom is -0.490 e. The van der Waals surface area contributed by atoms with Crippen molar-refractivity contribution in [1.29, 1.82) is 0 Å². The summed E-state index contributed by atoms with van der Waals surface area (Å²) >= 11 is 0. The van der Waals surface area contributed by atoms with E-state index < -0.39 is 0 Å². The molecule has 0 saturated carbocycles. The van der Waals surface area contributed by atoms with Crippen molar-refractivity contribution in [3.05, 3.63) is 59.9 Å². The highest BCUT2D eigenvalue weighted by atomic mass is 16.5. The van der Waals surface area contributed by atoms with Gasteiger partial charge in [-0.15, -0.1) is 0 Å². The molecule has 1 aromatic heterocycles. The summed E-state index contributed by atoms with van der Waals surface area (Å²) in [6.45, 7) is 4.99. The third-order valence-electron chi connectivity index (χ3n) is 4.31. The Morgan fingerprint density at radius 3 is 2.50 bits per heavy atom. The van der Waals surface area contributed by atoms with Gasteiger partial charge in [0.25, 0.3) is 0 Å². The third kappa shape index (κ3) is 3.86. The molecule has 3 heteroatoms. The van der Waals surface area contributed by atoms with Crippen molar-refractivity contribution < 1.29 is 4.74 Å². The summed E-state index contributed by atoms with van der Waals surface area (Å²) < 4.78 is 6.03. The number of rotatable bonds is 5. The van der Waals surface area contributed by atoms with Crippen molar-refractivity contribution in [2.24, 2.45) is 0 Å². The monoisotopic (exact) mass is 296 g/mol. The van der Waals surface area contributed by atoms with E-state index in [2.05, 4.69) is 40.2 Å². The topological polar surface area (TPSA) is 25.4 Å². The van der Waals surface area contributed by atoms with E-state index in [1.807, 2.05) is 25.3 Å². The van der Waals surface area contributed by atoms with Crippen LogP contribution in [-0.4, -0.2) is 29.6 Å². The molecule has 3 rings (SSSR count). The van der Waals surface area contributed by atoms with Crippen molar-refractivity contribution in [3.8, 4) is 5.75 Å². The van der Waals surface area contributed by atoms with Gasteiger partial charge in [-0.05, 0) is 50.6 Å². The first-order valence-corrected chi connectivity index (χ1v) is 8.17. The molecule has 1 fully saturated rings. The lowest BCUT2D eigenvalue weighted by atomic mass is 10.0. The van der Waals surface area contributed by atoms with Crippen LogP contribution < -0.4 is 4.74 Å². The average Bonchev–Trinajstić information content (AvgIpc) is 2.59. The number of benzene rings is 1. The molecule has 1 aliphatic heterocycles. The Morgan fingerprint density at radius 2 is 1.82 bits per heavy atom. The highest BCUT2D eigenvalue weighted by Crippen LogP contribution is 2.25. The van der Waals surface area contributed by atoms with Crippen LogP contribution in [0.4, 0.5) is 0 Å². The Balaban J connectivity index is 1.72. The lowest BCUT2D eigenvalue weighted by Crippen LogP contribution is -2.36. The fraction of sp³-hybridized carbons (Fsp3) is 0.421. The summed E-state index contributed by atoms with van der Waals surface area (Å²) in [7, 11) is 0. The van der Waals surface area contributed by atoms with Gasteiger partial charge in [-0.3, -0.25) is 9.88 Å². The van der Waals surface area contributed by atoms with Crippen LogP contribution >= 0.6 is 0 Å². The molecule has 2 heterocycles. The smallest absolute Gasteiger partial charge is 0.137 e. The molecule has 22 heavy (non-hydrogen) atoms. The van der Waals surface area contributed by atoms with Crippen LogP contribution in [0.25, 0.3) is 0 Å². The number of hydrogen-bond donors (Lipinski definition) is 0. The second-order valence-electron chi connectivity index (χ2n) is 5.97. The van der Waals surface area contributed by atoms with Crippen molar-refractivity contribution in [2.75, 3.05) is 19.7 Å². The molecule has 0 radical (unpaired) electrons. The standard InChI is InChI=1S/C19H24N2O/c1-16-10-11-18(14-20-16)22-15-19(17-8-4-2-5-9-17)21-12-6-3-7-13-21/h2,4-5,8-11,14,19H,3,6-7,12-13,15H2,1H3/t19-/m0/s1. The molecule has 1 aromatic carbocycles. The molecular weight excluding hydrogens is 272 g/mol. The van der Waals surface area contributed by atoms with Gasteiger partial charge in [0.15, 0.2) is 0 Å². The summed E-state index contributed by atoms with van der Waals surface area (Å²) in [5.41, 5.74) is 2.35. The van der Waals surface area contributed by atoms with Crippen LogP contribution in [0, 0.1) is 6.92 Å². The van der Waals surface area contributed by atoms with Gasteiger partial charge < -0.3 is 4.74 Å². The Hall–Kier alpha value is -1.87. The van der Waals surface area contributed by atoms with Gasteiger partial charge in [0.2, 0.25) is 0 Å². The Bertz CT molecular complexity index is 562. The zero-order valence-electron chi connectivity index (χ0n) is 13.2. The van der Waals surface area contributed by atoms with Gasteiger partial charge in [-0.1, -0.05) is 36.8 Å². The van der Waals surface area contributed by atoms with Gasteiger partial charge in [0.1, 0.15) is 12.4 Å². The minimum atomic E-state index is 0.322. The molecule has 0 unspecified atom stereocenters. The van der Waals surface area contributed by atoms with Crippen molar-refractivity contribution in [3.63, 3.8) is 0 Å². The second-order valence-corrected chi connectivity index (χ2v) is 5.97. The van der Waals surface area contributed by atoms with Crippen molar-refractivity contribution in [1.82, 2.24) is 9.88 Å². The molecule has 0 N–H and O–H groups in total. The molecule has 0 amide bonds. The molecule has 1 saturated heterocycles. The minimum absolute atomic E-state index is 0.322. The normalized spacial score (nSPS) is 17.1. The van der Waals surface area contributed by atoms with E-state index in [0.717, 1.165) is 24.5 Å². The van der Waals surface area contributed by atoms with Crippen molar-refractivity contribution >= 4 is 0 Å². The number of hydrogen-bond acceptors (Lipinski definition) is 3. The zero-order valence-corrected chi connectivity index (χ0v) is 13.2. The van der Waals surface area contributed by atoms with E-state index >= 15 is 0 Å². The number of nitrogens with zero attached hydrogens (tertiary/aromatic N) is 2. The van der Waals surface area contributed by atoms with Crippen LogP contribution in [0.15, 0.2) is 48.7 Å². The van der Waals surface area contributed by atoms with E-state index in [0.29, 0.717) is 12.6 Å². The van der Waals surface area contributed by atoms with Crippen LogP contribution in [0.2, 0.25) is 0 Å². The van der Waals surface area contributed by atoms with Gasteiger partial charge in [-0.2, -0.15) is 0 Å². The maximum Gasteiger partial charge on any atom is 0.137 e. The van der Waals surface area contributed by atoms with Gasteiger partial charge in [-0.25, -0.2) is 0 Å².